The van der Waals surface area contributed by atoms with Crippen LogP contribution in [0.5, 0.6) is 0 Å². The molecule has 1 aliphatic heterocycles. The van der Waals surface area contributed by atoms with Gasteiger partial charge >= 0.3 is 0 Å². The number of halogens is 1. The van der Waals surface area contributed by atoms with Crippen molar-refractivity contribution >= 4 is 15.9 Å². The predicted molar refractivity (Wildman–Crippen MR) is 55.1 cm³/mol. The number of piperazine rings is 1. The topological polar surface area (TPSA) is 18.5 Å². The summed E-state index contributed by atoms with van der Waals surface area (Å²) >= 11 is 3.32. The highest BCUT2D eigenvalue weighted by Gasteiger charge is 2.12. The van der Waals surface area contributed by atoms with Gasteiger partial charge in [-0.05, 0) is 7.05 Å². The minimum atomic E-state index is 0.823. The van der Waals surface area contributed by atoms with E-state index in [0.29, 0.717) is 0 Å². The first kappa shape index (κ1) is 10.2. The third-order valence-electron chi connectivity index (χ3n) is 2.00. The Labute approximate surface area is 82.5 Å². The van der Waals surface area contributed by atoms with Crippen molar-refractivity contribution in [3.05, 3.63) is 11.1 Å². The fraction of sp³-hybridized carbons (Fsp3) is 0.750. The molecular formula is C8H16BrN3. The van der Waals surface area contributed by atoms with Gasteiger partial charge in [0.15, 0.2) is 0 Å². The zero-order chi connectivity index (χ0) is 8.97. The van der Waals surface area contributed by atoms with Gasteiger partial charge in [0.05, 0.1) is 0 Å². The van der Waals surface area contributed by atoms with Gasteiger partial charge in [-0.25, -0.2) is 5.01 Å². The Hall–Kier alpha value is 0.1000. The van der Waals surface area contributed by atoms with Gasteiger partial charge < -0.3 is 4.90 Å². The maximum Gasteiger partial charge on any atom is 0.0413 e. The summed E-state index contributed by atoms with van der Waals surface area (Å²) in [6.45, 7) is 9.06. The lowest BCUT2D eigenvalue weighted by atomic mass is 10.4. The largest absolute Gasteiger partial charge is 0.304 e. The predicted octanol–water partition coefficient (Wildman–Crippen LogP) is 0.647. The number of hydrazine groups is 1. The van der Waals surface area contributed by atoms with E-state index in [-0.39, 0.29) is 0 Å². The standard InChI is InChI=1S/C8H16BrN3/c1-8(9)7-10-12-5-3-11(2)4-6-12/h10H,1,3-7H2,2H3. The molecule has 1 rings (SSSR count). The van der Waals surface area contributed by atoms with Crippen LogP contribution in [0.2, 0.25) is 0 Å². The van der Waals surface area contributed by atoms with Crippen molar-refractivity contribution in [1.29, 1.82) is 0 Å². The number of nitrogens with one attached hydrogen (secondary N) is 1. The highest BCUT2D eigenvalue weighted by Crippen LogP contribution is 2.00. The van der Waals surface area contributed by atoms with Crippen molar-refractivity contribution in [3.8, 4) is 0 Å². The summed E-state index contributed by atoms with van der Waals surface area (Å²) in [4.78, 5) is 2.33. The van der Waals surface area contributed by atoms with Gasteiger partial charge in [-0.3, -0.25) is 5.43 Å². The summed E-state index contributed by atoms with van der Waals surface area (Å²) in [5.74, 6) is 0. The lowest BCUT2D eigenvalue weighted by molar-refractivity contribution is 0.109. The molecule has 1 saturated heterocycles. The van der Waals surface area contributed by atoms with Crippen LogP contribution in [-0.4, -0.2) is 49.7 Å². The number of hydrogen-bond donors (Lipinski definition) is 1. The van der Waals surface area contributed by atoms with E-state index in [4.69, 9.17) is 0 Å². The molecular weight excluding hydrogens is 218 g/mol. The quantitative estimate of drug-likeness (QED) is 0.773. The molecule has 0 saturated carbocycles. The van der Waals surface area contributed by atoms with E-state index in [9.17, 15) is 0 Å². The third-order valence-corrected chi connectivity index (χ3v) is 2.28. The monoisotopic (exact) mass is 233 g/mol. The summed E-state index contributed by atoms with van der Waals surface area (Å²) in [7, 11) is 2.15. The highest BCUT2D eigenvalue weighted by molar-refractivity contribution is 9.11. The molecule has 0 bridgehead atoms. The Morgan fingerprint density at radius 1 is 1.42 bits per heavy atom. The van der Waals surface area contributed by atoms with E-state index < -0.39 is 0 Å². The summed E-state index contributed by atoms with van der Waals surface area (Å²) in [5.41, 5.74) is 3.30. The second kappa shape index (κ2) is 4.97. The average molecular weight is 234 g/mol. The minimum absolute atomic E-state index is 0.823. The smallest absolute Gasteiger partial charge is 0.0413 e. The molecule has 1 fully saturated rings. The summed E-state index contributed by atoms with van der Waals surface area (Å²) in [6.07, 6.45) is 0. The fourth-order valence-electron chi connectivity index (χ4n) is 1.16. The molecule has 0 aromatic rings. The second-order valence-electron chi connectivity index (χ2n) is 3.14. The van der Waals surface area contributed by atoms with Gasteiger partial charge in [-0.15, -0.1) is 0 Å². The van der Waals surface area contributed by atoms with Crippen molar-refractivity contribution < 1.29 is 0 Å². The summed E-state index contributed by atoms with van der Waals surface area (Å²) < 4.78 is 1.00. The lowest BCUT2D eigenvalue weighted by Gasteiger charge is -2.32. The molecule has 0 unspecified atom stereocenters. The average Bonchev–Trinajstić information content (AvgIpc) is 2.03. The number of rotatable bonds is 3. The maximum absolute atomic E-state index is 3.77. The van der Waals surface area contributed by atoms with Gasteiger partial charge in [0.1, 0.15) is 0 Å². The Morgan fingerprint density at radius 2 is 2.00 bits per heavy atom. The maximum atomic E-state index is 3.77. The van der Waals surface area contributed by atoms with Crippen LogP contribution in [0.25, 0.3) is 0 Å². The highest BCUT2D eigenvalue weighted by atomic mass is 79.9. The van der Waals surface area contributed by atoms with Gasteiger partial charge in [0.2, 0.25) is 0 Å². The molecule has 1 N–H and O–H groups in total. The summed E-state index contributed by atoms with van der Waals surface area (Å²) in [5, 5.41) is 2.24. The molecule has 0 aromatic carbocycles. The molecule has 0 radical (unpaired) electrons. The minimum Gasteiger partial charge on any atom is -0.304 e. The summed E-state index contributed by atoms with van der Waals surface area (Å²) in [6, 6.07) is 0. The van der Waals surface area contributed by atoms with Crippen molar-refractivity contribution in [2.24, 2.45) is 0 Å². The lowest BCUT2D eigenvalue weighted by Crippen LogP contribution is -2.50. The molecule has 0 spiro atoms. The first-order valence-electron chi connectivity index (χ1n) is 4.19. The van der Waals surface area contributed by atoms with Crippen molar-refractivity contribution in [3.63, 3.8) is 0 Å². The Bertz CT molecular complexity index is 152. The number of likely N-dealkylation sites (N-methyl/N-ethyl adjacent to an activating group) is 1. The molecule has 70 valence electrons. The van der Waals surface area contributed by atoms with Crippen LogP contribution >= 0.6 is 15.9 Å². The van der Waals surface area contributed by atoms with Gasteiger partial charge in [-0.2, -0.15) is 0 Å². The molecule has 12 heavy (non-hydrogen) atoms. The van der Waals surface area contributed by atoms with E-state index in [1.807, 2.05) is 0 Å². The second-order valence-corrected chi connectivity index (χ2v) is 4.26. The van der Waals surface area contributed by atoms with E-state index >= 15 is 0 Å². The molecule has 0 aliphatic carbocycles. The Balaban J connectivity index is 2.13. The molecule has 0 atom stereocenters. The van der Waals surface area contributed by atoms with E-state index in [1.165, 1.54) is 0 Å². The first-order chi connectivity index (χ1) is 5.68. The van der Waals surface area contributed by atoms with E-state index in [0.717, 1.165) is 37.2 Å². The van der Waals surface area contributed by atoms with Crippen LogP contribution in [0.15, 0.2) is 11.1 Å². The molecule has 1 heterocycles. The van der Waals surface area contributed by atoms with Crippen LogP contribution in [0, 0.1) is 0 Å². The zero-order valence-electron chi connectivity index (χ0n) is 7.52. The molecule has 0 amide bonds. The van der Waals surface area contributed by atoms with E-state index in [1.54, 1.807) is 0 Å². The number of hydrogen-bond acceptors (Lipinski definition) is 3. The molecule has 1 aliphatic rings. The van der Waals surface area contributed by atoms with Gasteiger partial charge in [0.25, 0.3) is 0 Å². The van der Waals surface area contributed by atoms with Crippen LogP contribution in [0.1, 0.15) is 0 Å². The van der Waals surface area contributed by atoms with Gasteiger partial charge in [-0.1, -0.05) is 22.5 Å². The molecule has 4 heteroatoms. The van der Waals surface area contributed by atoms with Crippen LogP contribution in [-0.2, 0) is 0 Å². The normalized spacial score (nSPS) is 21.2. The van der Waals surface area contributed by atoms with Crippen LogP contribution in [0.4, 0.5) is 0 Å². The third kappa shape index (κ3) is 3.67. The Morgan fingerprint density at radius 3 is 2.50 bits per heavy atom. The van der Waals surface area contributed by atoms with Gasteiger partial charge in [0, 0.05) is 37.2 Å². The zero-order valence-corrected chi connectivity index (χ0v) is 9.10. The number of nitrogens with zero attached hydrogens (tertiary/aromatic N) is 2. The SMILES string of the molecule is C=C(Br)CNN1CCN(C)CC1. The van der Waals surface area contributed by atoms with Crippen LogP contribution in [0.3, 0.4) is 0 Å². The van der Waals surface area contributed by atoms with Crippen molar-refractivity contribution in [1.82, 2.24) is 15.3 Å². The van der Waals surface area contributed by atoms with Crippen molar-refractivity contribution in [2.75, 3.05) is 39.8 Å². The first-order valence-corrected chi connectivity index (χ1v) is 4.98. The molecule has 3 nitrogen and oxygen atoms in total. The van der Waals surface area contributed by atoms with Crippen molar-refractivity contribution in [2.45, 2.75) is 0 Å². The molecule has 0 aromatic heterocycles. The van der Waals surface area contributed by atoms with E-state index in [2.05, 4.69) is 44.9 Å². The Kier molecular flexibility index (Phi) is 4.21. The van der Waals surface area contributed by atoms with Crippen LogP contribution < -0.4 is 5.43 Å². The fourth-order valence-corrected chi connectivity index (χ4v) is 1.29.